The number of nitrogens with one attached hydrogen (secondary N) is 1. The minimum absolute atomic E-state index is 0.0843. The van der Waals surface area contributed by atoms with E-state index >= 15 is 0 Å². The predicted molar refractivity (Wildman–Crippen MR) is 120 cm³/mol. The SMILES string of the molecule is N#Cc1ccc(Cn2ccc3c(/C=N/NC(=O)c4ccc(O)c(Cl)c4)cccc32)cc1. The average molecular weight is 429 g/mol. The topological polar surface area (TPSA) is 90.4 Å². The summed E-state index contributed by atoms with van der Waals surface area (Å²) >= 11 is 5.84. The lowest BCUT2D eigenvalue weighted by Crippen LogP contribution is -2.17. The Balaban J connectivity index is 1.51. The number of rotatable bonds is 5. The zero-order chi connectivity index (χ0) is 21.8. The van der Waals surface area contributed by atoms with Crippen molar-refractivity contribution in [2.24, 2.45) is 5.10 Å². The van der Waals surface area contributed by atoms with Gasteiger partial charge in [-0.3, -0.25) is 4.79 Å². The minimum Gasteiger partial charge on any atom is -0.506 e. The van der Waals surface area contributed by atoms with Gasteiger partial charge < -0.3 is 9.67 Å². The Morgan fingerprint density at radius 2 is 1.97 bits per heavy atom. The van der Waals surface area contributed by atoms with Crippen LogP contribution in [0, 0.1) is 11.3 Å². The third-order valence-electron chi connectivity index (χ3n) is 4.86. The molecule has 1 aromatic heterocycles. The van der Waals surface area contributed by atoms with Gasteiger partial charge in [0.05, 0.1) is 22.9 Å². The number of aromatic hydroxyl groups is 1. The Hall–Kier alpha value is -4.08. The summed E-state index contributed by atoms with van der Waals surface area (Å²) in [4.78, 5) is 12.2. The van der Waals surface area contributed by atoms with E-state index in [9.17, 15) is 9.90 Å². The number of nitriles is 1. The van der Waals surface area contributed by atoms with Gasteiger partial charge in [0.25, 0.3) is 5.91 Å². The van der Waals surface area contributed by atoms with Gasteiger partial charge >= 0.3 is 0 Å². The Morgan fingerprint density at radius 1 is 1.16 bits per heavy atom. The van der Waals surface area contributed by atoms with Gasteiger partial charge in [0, 0.05) is 34.8 Å². The first-order valence-corrected chi connectivity index (χ1v) is 9.82. The molecule has 1 amide bonds. The summed E-state index contributed by atoms with van der Waals surface area (Å²) in [6, 6.07) is 21.7. The van der Waals surface area contributed by atoms with E-state index in [1.165, 1.54) is 18.2 Å². The number of hydrazone groups is 1. The molecule has 0 bridgehead atoms. The van der Waals surface area contributed by atoms with Gasteiger partial charge in [-0.2, -0.15) is 10.4 Å². The van der Waals surface area contributed by atoms with Gasteiger partial charge in [-0.05, 0) is 48.0 Å². The number of aromatic nitrogens is 1. The normalized spacial score (nSPS) is 11.0. The van der Waals surface area contributed by atoms with Crippen LogP contribution in [-0.4, -0.2) is 21.8 Å². The molecule has 0 aliphatic carbocycles. The smallest absolute Gasteiger partial charge is 0.271 e. The van der Waals surface area contributed by atoms with E-state index in [2.05, 4.69) is 21.2 Å². The number of hydrogen-bond acceptors (Lipinski definition) is 4. The second-order valence-corrected chi connectivity index (χ2v) is 7.30. The summed E-state index contributed by atoms with van der Waals surface area (Å²) in [5.41, 5.74) is 6.39. The predicted octanol–water partition coefficient (Wildman–Crippen LogP) is 4.68. The van der Waals surface area contributed by atoms with Crippen molar-refractivity contribution in [3.8, 4) is 11.8 Å². The number of carbonyl (C=O) groups is 1. The van der Waals surface area contributed by atoms with Crippen molar-refractivity contribution in [2.45, 2.75) is 6.54 Å². The molecular formula is C24H17ClN4O2. The van der Waals surface area contributed by atoms with Crippen LogP contribution in [0.2, 0.25) is 5.02 Å². The van der Waals surface area contributed by atoms with Crippen LogP contribution in [0.4, 0.5) is 0 Å². The monoisotopic (exact) mass is 428 g/mol. The van der Waals surface area contributed by atoms with Crippen molar-refractivity contribution in [3.05, 3.63) is 100 Å². The molecule has 7 heteroatoms. The third-order valence-corrected chi connectivity index (χ3v) is 5.17. The fraction of sp³-hybridized carbons (Fsp3) is 0.0417. The van der Waals surface area contributed by atoms with Gasteiger partial charge in [0.1, 0.15) is 5.75 Å². The number of amides is 1. The van der Waals surface area contributed by atoms with Crippen LogP contribution in [0.25, 0.3) is 10.9 Å². The lowest BCUT2D eigenvalue weighted by molar-refractivity contribution is 0.0955. The third kappa shape index (κ3) is 4.42. The first-order chi connectivity index (χ1) is 15.0. The Kier molecular flexibility index (Phi) is 5.69. The number of phenols is 1. The minimum atomic E-state index is -0.427. The van der Waals surface area contributed by atoms with E-state index in [4.69, 9.17) is 16.9 Å². The fourth-order valence-corrected chi connectivity index (χ4v) is 3.43. The highest BCUT2D eigenvalue weighted by Gasteiger charge is 2.08. The highest BCUT2D eigenvalue weighted by atomic mass is 35.5. The molecule has 0 fully saturated rings. The Bertz CT molecular complexity index is 1330. The fourth-order valence-electron chi connectivity index (χ4n) is 3.25. The molecule has 0 aliphatic rings. The van der Waals surface area contributed by atoms with Crippen LogP contribution in [0.5, 0.6) is 5.75 Å². The molecule has 3 aromatic carbocycles. The second kappa shape index (κ2) is 8.74. The van der Waals surface area contributed by atoms with E-state index in [0.29, 0.717) is 17.7 Å². The van der Waals surface area contributed by atoms with Crippen molar-refractivity contribution in [2.75, 3.05) is 0 Å². The van der Waals surface area contributed by atoms with Crippen LogP contribution >= 0.6 is 11.6 Å². The number of nitrogens with zero attached hydrogens (tertiary/aromatic N) is 3. The van der Waals surface area contributed by atoms with Gasteiger partial charge in [-0.15, -0.1) is 0 Å². The molecule has 0 unspecified atom stereocenters. The largest absolute Gasteiger partial charge is 0.506 e. The quantitative estimate of drug-likeness (QED) is 0.357. The Labute approximate surface area is 183 Å². The van der Waals surface area contributed by atoms with Crippen LogP contribution in [-0.2, 0) is 6.54 Å². The molecule has 0 aliphatic heterocycles. The van der Waals surface area contributed by atoms with Crippen molar-refractivity contribution in [1.29, 1.82) is 5.26 Å². The van der Waals surface area contributed by atoms with Crippen molar-refractivity contribution in [3.63, 3.8) is 0 Å². The van der Waals surface area contributed by atoms with Gasteiger partial charge in [0.15, 0.2) is 0 Å². The van der Waals surface area contributed by atoms with Gasteiger partial charge in [0.2, 0.25) is 0 Å². The summed E-state index contributed by atoms with van der Waals surface area (Å²) in [6.45, 7) is 0.675. The number of hydrogen-bond donors (Lipinski definition) is 2. The highest BCUT2D eigenvalue weighted by Crippen LogP contribution is 2.23. The molecule has 0 spiro atoms. The summed E-state index contributed by atoms with van der Waals surface area (Å²) in [5, 5.41) is 23.6. The molecule has 1 heterocycles. The molecule has 6 nitrogen and oxygen atoms in total. The molecule has 2 N–H and O–H groups in total. The van der Waals surface area contributed by atoms with E-state index in [0.717, 1.165) is 22.0 Å². The van der Waals surface area contributed by atoms with Gasteiger partial charge in [-0.1, -0.05) is 35.9 Å². The van der Waals surface area contributed by atoms with E-state index < -0.39 is 5.91 Å². The molecule has 0 saturated heterocycles. The molecule has 31 heavy (non-hydrogen) atoms. The second-order valence-electron chi connectivity index (χ2n) is 6.90. The molecule has 4 rings (SSSR count). The van der Waals surface area contributed by atoms with Crippen molar-refractivity contribution in [1.82, 2.24) is 9.99 Å². The molecule has 0 radical (unpaired) electrons. The van der Waals surface area contributed by atoms with Crippen molar-refractivity contribution < 1.29 is 9.90 Å². The van der Waals surface area contributed by atoms with E-state index in [-0.39, 0.29) is 10.8 Å². The average Bonchev–Trinajstić information content (AvgIpc) is 3.19. The van der Waals surface area contributed by atoms with Crippen molar-refractivity contribution >= 4 is 34.6 Å². The summed E-state index contributed by atoms with van der Waals surface area (Å²) in [6.07, 6.45) is 3.59. The summed E-state index contributed by atoms with van der Waals surface area (Å²) in [5.74, 6) is -0.511. The molecule has 0 saturated carbocycles. The summed E-state index contributed by atoms with van der Waals surface area (Å²) in [7, 11) is 0. The number of benzene rings is 3. The number of halogens is 1. The molecule has 152 valence electrons. The van der Waals surface area contributed by atoms with Crippen LogP contribution < -0.4 is 5.43 Å². The van der Waals surface area contributed by atoms with Crippen LogP contribution in [0.1, 0.15) is 27.0 Å². The van der Waals surface area contributed by atoms with Crippen LogP contribution in [0.15, 0.2) is 78.0 Å². The van der Waals surface area contributed by atoms with E-state index in [1.807, 2.05) is 54.7 Å². The highest BCUT2D eigenvalue weighted by molar-refractivity contribution is 6.32. The molecule has 4 aromatic rings. The van der Waals surface area contributed by atoms with Crippen LogP contribution in [0.3, 0.4) is 0 Å². The lowest BCUT2D eigenvalue weighted by atomic mass is 10.1. The first kappa shape index (κ1) is 20.2. The van der Waals surface area contributed by atoms with E-state index in [1.54, 1.807) is 6.21 Å². The number of fused-ring (bicyclic) bond motifs is 1. The standard InChI is InChI=1S/C24H17ClN4O2/c25-21-12-18(8-9-23(21)30)24(31)28-27-14-19-2-1-3-22-20(19)10-11-29(22)15-17-6-4-16(13-26)5-7-17/h1-12,14,30H,15H2,(H,28,31)/b27-14+. The maximum atomic E-state index is 12.2. The first-order valence-electron chi connectivity index (χ1n) is 9.44. The number of phenolic OH excluding ortho intramolecular Hbond substituents is 1. The number of carbonyl (C=O) groups excluding carboxylic acids is 1. The summed E-state index contributed by atoms with van der Waals surface area (Å²) < 4.78 is 2.12. The molecular weight excluding hydrogens is 412 g/mol. The zero-order valence-electron chi connectivity index (χ0n) is 16.3. The Morgan fingerprint density at radius 3 is 2.71 bits per heavy atom. The maximum absolute atomic E-state index is 12.2. The maximum Gasteiger partial charge on any atom is 0.271 e. The molecule has 0 atom stereocenters. The zero-order valence-corrected chi connectivity index (χ0v) is 17.0. The van der Waals surface area contributed by atoms with Gasteiger partial charge in [-0.25, -0.2) is 5.43 Å². The lowest BCUT2D eigenvalue weighted by Gasteiger charge is -2.06.